The third-order valence-electron chi connectivity index (χ3n) is 8.95. The van der Waals surface area contributed by atoms with E-state index in [9.17, 15) is 19.2 Å². The number of amides is 3. The van der Waals surface area contributed by atoms with Gasteiger partial charge in [-0.25, -0.2) is 0 Å². The first kappa shape index (κ1) is 28.3. The number of hydrogen-bond donors (Lipinski definition) is 1. The van der Waals surface area contributed by atoms with Crippen LogP contribution in [0.3, 0.4) is 0 Å². The van der Waals surface area contributed by atoms with Crippen molar-refractivity contribution in [3.05, 3.63) is 98.5 Å². The highest BCUT2D eigenvalue weighted by Crippen LogP contribution is 2.60. The SMILES string of the molecule is Cc1cc(NC(=O)COC(=O)CCCCCN2C(=O)[C@@H]3C4c5ccccc5C(c5ccccc54)[C@H]3C2=O)c(C)cc1Br. The van der Waals surface area contributed by atoms with Gasteiger partial charge in [0.05, 0.1) is 11.8 Å². The Kier molecular flexibility index (Phi) is 7.75. The third kappa shape index (κ3) is 4.96. The van der Waals surface area contributed by atoms with Crippen molar-refractivity contribution < 1.29 is 23.9 Å². The Morgan fingerprint density at radius 3 is 1.90 bits per heavy atom. The predicted molar refractivity (Wildman–Crippen MR) is 162 cm³/mol. The van der Waals surface area contributed by atoms with Crippen LogP contribution in [-0.2, 0) is 23.9 Å². The number of halogens is 1. The van der Waals surface area contributed by atoms with E-state index in [-0.39, 0.29) is 54.4 Å². The van der Waals surface area contributed by atoms with Crippen LogP contribution in [0.25, 0.3) is 0 Å². The Balaban J connectivity index is 0.992. The minimum absolute atomic E-state index is 0.0781. The summed E-state index contributed by atoms with van der Waals surface area (Å²) in [6.07, 6.45) is 2.00. The molecule has 3 aromatic carbocycles. The Bertz CT molecular complexity index is 1480. The van der Waals surface area contributed by atoms with E-state index in [2.05, 4.69) is 45.5 Å². The maximum Gasteiger partial charge on any atom is 0.306 e. The third-order valence-corrected chi connectivity index (χ3v) is 9.80. The summed E-state index contributed by atoms with van der Waals surface area (Å²) >= 11 is 3.47. The lowest BCUT2D eigenvalue weighted by Crippen LogP contribution is -2.41. The second-order valence-electron chi connectivity index (χ2n) is 11.5. The van der Waals surface area contributed by atoms with Crippen LogP contribution in [0.15, 0.2) is 65.1 Å². The van der Waals surface area contributed by atoms with Crippen LogP contribution in [0, 0.1) is 25.7 Å². The number of anilines is 1. The van der Waals surface area contributed by atoms with Gasteiger partial charge in [-0.3, -0.25) is 24.1 Å². The molecule has 0 saturated carbocycles. The Labute approximate surface area is 253 Å². The Morgan fingerprint density at radius 2 is 1.36 bits per heavy atom. The molecule has 0 spiro atoms. The number of carbonyl (C=O) groups is 4. The number of aryl methyl sites for hydroxylation is 2. The molecule has 2 atom stereocenters. The first-order chi connectivity index (χ1) is 20.3. The molecule has 0 aromatic heterocycles. The normalized spacial score (nSPS) is 21.5. The number of likely N-dealkylation sites (tertiary alicyclic amines) is 1. The Morgan fingerprint density at radius 1 is 0.810 bits per heavy atom. The molecular weight excluding hydrogens is 596 g/mol. The van der Waals surface area contributed by atoms with E-state index < -0.39 is 5.97 Å². The van der Waals surface area contributed by atoms with Crippen LogP contribution in [-0.4, -0.2) is 41.7 Å². The number of benzene rings is 3. The summed E-state index contributed by atoms with van der Waals surface area (Å²) in [6, 6.07) is 20.3. The Hall–Kier alpha value is -3.78. The molecule has 1 fully saturated rings. The van der Waals surface area contributed by atoms with Gasteiger partial charge in [0.2, 0.25) is 11.8 Å². The van der Waals surface area contributed by atoms with Crippen LogP contribution in [0.1, 0.15) is 70.9 Å². The van der Waals surface area contributed by atoms with E-state index in [1.54, 1.807) is 0 Å². The zero-order chi connectivity index (χ0) is 29.5. The average molecular weight is 630 g/mol. The lowest BCUT2D eigenvalue weighted by atomic mass is 9.55. The summed E-state index contributed by atoms with van der Waals surface area (Å²) in [5.41, 5.74) is 7.25. The maximum absolute atomic E-state index is 13.7. The molecule has 4 aliphatic rings. The molecule has 3 aromatic rings. The number of rotatable bonds is 9. The number of imide groups is 1. The van der Waals surface area contributed by atoms with Gasteiger partial charge in [0.15, 0.2) is 6.61 Å². The molecule has 1 saturated heterocycles. The molecule has 3 amide bonds. The van der Waals surface area contributed by atoms with Gasteiger partial charge in [-0.2, -0.15) is 0 Å². The van der Waals surface area contributed by atoms with Crippen LogP contribution in [0.2, 0.25) is 0 Å². The second-order valence-corrected chi connectivity index (χ2v) is 12.4. The smallest absolute Gasteiger partial charge is 0.306 e. The molecule has 8 heteroatoms. The molecule has 0 unspecified atom stereocenters. The van der Waals surface area contributed by atoms with Gasteiger partial charge in [0.25, 0.3) is 5.91 Å². The molecule has 3 aliphatic carbocycles. The minimum Gasteiger partial charge on any atom is -0.456 e. The highest BCUT2D eigenvalue weighted by atomic mass is 79.9. The average Bonchev–Trinajstić information content (AvgIpc) is 3.24. The molecule has 7 rings (SSSR count). The van der Waals surface area contributed by atoms with Crippen molar-refractivity contribution in [1.29, 1.82) is 0 Å². The zero-order valence-electron chi connectivity index (χ0n) is 23.7. The van der Waals surface area contributed by atoms with Gasteiger partial charge in [0.1, 0.15) is 0 Å². The lowest BCUT2D eigenvalue weighted by molar-refractivity contribution is -0.147. The second kappa shape index (κ2) is 11.5. The number of hydrogen-bond acceptors (Lipinski definition) is 5. The first-order valence-corrected chi connectivity index (χ1v) is 15.3. The number of carbonyl (C=O) groups excluding carboxylic acids is 4. The van der Waals surface area contributed by atoms with Gasteiger partial charge >= 0.3 is 5.97 Å². The molecule has 216 valence electrons. The van der Waals surface area contributed by atoms with Crippen molar-refractivity contribution in [3.8, 4) is 0 Å². The highest BCUT2D eigenvalue weighted by molar-refractivity contribution is 9.10. The number of nitrogens with zero attached hydrogens (tertiary/aromatic N) is 1. The summed E-state index contributed by atoms with van der Waals surface area (Å²) in [5, 5.41) is 2.79. The zero-order valence-corrected chi connectivity index (χ0v) is 25.3. The van der Waals surface area contributed by atoms with Gasteiger partial charge < -0.3 is 10.1 Å². The van der Waals surface area contributed by atoms with E-state index in [1.807, 2.05) is 50.2 Å². The lowest BCUT2D eigenvalue weighted by Gasteiger charge is -2.45. The quantitative estimate of drug-likeness (QED) is 0.178. The van der Waals surface area contributed by atoms with Crippen LogP contribution in [0.4, 0.5) is 5.69 Å². The number of esters is 1. The fourth-order valence-corrected chi connectivity index (χ4v) is 7.45. The molecule has 1 aliphatic heterocycles. The van der Waals surface area contributed by atoms with Crippen molar-refractivity contribution in [2.75, 3.05) is 18.5 Å². The monoisotopic (exact) mass is 628 g/mol. The summed E-state index contributed by atoms with van der Waals surface area (Å²) in [4.78, 5) is 53.3. The van der Waals surface area contributed by atoms with E-state index in [4.69, 9.17) is 4.74 Å². The molecular formula is C34H33BrN2O5. The summed E-state index contributed by atoms with van der Waals surface area (Å²) < 4.78 is 6.12. The molecule has 0 radical (unpaired) electrons. The van der Waals surface area contributed by atoms with Gasteiger partial charge in [-0.15, -0.1) is 0 Å². The fraction of sp³-hybridized carbons (Fsp3) is 0.353. The standard InChI is InChI=1S/C34H33BrN2O5/c1-19-17-26(20(2)16-25(19)35)36-27(38)18-42-28(39)14-4-3-9-15-37-33(40)31-29-21-10-5-6-11-22(21)30(32(31)34(37)41)24-13-8-7-12-23(24)29/h5-8,10-13,16-17,29-32H,3-4,9,14-15,18H2,1-2H3,(H,36,38)/t29?,30?,31-,32-/m1/s1. The number of nitrogens with one attached hydrogen (secondary N) is 1. The predicted octanol–water partition coefficient (Wildman–Crippen LogP) is 6.00. The van der Waals surface area contributed by atoms with Crippen LogP contribution in [0.5, 0.6) is 0 Å². The molecule has 1 N–H and O–H groups in total. The van der Waals surface area contributed by atoms with Crippen LogP contribution >= 0.6 is 15.9 Å². The molecule has 7 nitrogen and oxygen atoms in total. The van der Waals surface area contributed by atoms with Gasteiger partial charge in [-0.1, -0.05) is 70.9 Å². The van der Waals surface area contributed by atoms with Crippen LogP contribution < -0.4 is 5.32 Å². The van der Waals surface area contributed by atoms with Crippen molar-refractivity contribution in [3.63, 3.8) is 0 Å². The minimum atomic E-state index is -0.444. The fourth-order valence-electron chi connectivity index (χ4n) is 7.00. The summed E-state index contributed by atoms with van der Waals surface area (Å²) in [6.45, 7) is 3.83. The van der Waals surface area contributed by atoms with Crippen molar-refractivity contribution >= 4 is 45.3 Å². The van der Waals surface area contributed by atoms with Crippen molar-refractivity contribution in [1.82, 2.24) is 4.90 Å². The van der Waals surface area contributed by atoms with E-state index >= 15 is 0 Å². The number of ether oxygens (including phenoxy) is 1. The largest absolute Gasteiger partial charge is 0.456 e. The van der Waals surface area contributed by atoms with Crippen molar-refractivity contribution in [2.45, 2.75) is 51.4 Å². The summed E-state index contributed by atoms with van der Waals surface area (Å²) in [5.74, 6) is -1.91. The molecule has 2 bridgehead atoms. The van der Waals surface area contributed by atoms with E-state index in [1.165, 1.54) is 27.2 Å². The molecule has 42 heavy (non-hydrogen) atoms. The van der Waals surface area contributed by atoms with E-state index in [0.29, 0.717) is 31.5 Å². The highest BCUT2D eigenvalue weighted by Gasteiger charge is 2.61. The summed E-state index contributed by atoms with van der Waals surface area (Å²) in [7, 11) is 0. The first-order valence-electron chi connectivity index (χ1n) is 14.5. The van der Waals surface area contributed by atoms with Gasteiger partial charge in [-0.05, 0) is 72.2 Å². The maximum atomic E-state index is 13.7. The number of unbranched alkanes of at least 4 members (excludes halogenated alkanes) is 2. The van der Waals surface area contributed by atoms with Crippen molar-refractivity contribution in [2.24, 2.45) is 11.8 Å². The molecule has 1 heterocycles. The van der Waals surface area contributed by atoms with Gasteiger partial charge in [0, 0.05) is 35.0 Å². The topological polar surface area (TPSA) is 92.8 Å². The van der Waals surface area contributed by atoms with E-state index in [0.717, 1.165) is 15.6 Å².